The summed E-state index contributed by atoms with van der Waals surface area (Å²) in [5.41, 5.74) is 1.68. The minimum absolute atomic E-state index is 0.0863. The van der Waals surface area contributed by atoms with Crippen molar-refractivity contribution < 1.29 is 4.79 Å². The Labute approximate surface area is 131 Å². The van der Waals surface area contributed by atoms with Crippen LogP contribution in [0.15, 0.2) is 41.1 Å². The molecule has 0 saturated carbocycles. The van der Waals surface area contributed by atoms with E-state index in [1.165, 1.54) is 0 Å². The van der Waals surface area contributed by atoms with Crippen LogP contribution in [0.25, 0.3) is 5.69 Å². The van der Waals surface area contributed by atoms with Crippen molar-refractivity contribution in [2.75, 3.05) is 18.4 Å². The van der Waals surface area contributed by atoms with Crippen molar-refractivity contribution in [3.05, 3.63) is 41.1 Å². The molecule has 1 fully saturated rings. The van der Waals surface area contributed by atoms with Gasteiger partial charge in [-0.25, -0.2) is 4.68 Å². The van der Waals surface area contributed by atoms with Crippen molar-refractivity contribution in [1.82, 2.24) is 15.1 Å². The highest BCUT2D eigenvalue weighted by Gasteiger charge is 2.21. The average molecular weight is 349 g/mol. The van der Waals surface area contributed by atoms with Crippen molar-refractivity contribution in [2.45, 2.75) is 12.8 Å². The number of hydrogen-bond donors (Lipinski definition) is 2. The molecule has 0 atom stereocenters. The van der Waals surface area contributed by atoms with Gasteiger partial charge in [0.15, 0.2) is 0 Å². The van der Waals surface area contributed by atoms with Crippen molar-refractivity contribution in [3.8, 4) is 5.69 Å². The molecule has 2 aromatic rings. The van der Waals surface area contributed by atoms with Gasteiger partial charge < -0.3 is 10.6 Å². The largest absolute Gasteiger partial charge is 0.323 e. The minimum atomic E-state index is 0.0863. The highest BCUT2D eigenvalue weighted by Crippen LogP contribution is 2.21. The van der Waals surface area contributed by atoms with Crippen LogP contribution in [0.1, 0.15) is 12.8 Å². The number of carbonyl (C=O) groups excluding carboxylic acids is 1. The topological polar surface area (TPSA) is 59.0 Å². The van der Waals surface area contributed by atoms with E-state index in [4.69, 9.17) is 0 Å². The quantitative estimate of drug-likeness (QED) is 0.896. The summed E-state index contributed by atoms with van der Waals surface area (Å²) in [5.74, 6) is 0.182. The fourth-order valence-electron chi connectivity index (χ4n) is 2.49. The summed E-state index contributed by atoms with van der Waals surface area (Å²) in [6.07, 6.45) is 5.30. The molecule has 0 radical (unpaired) electrons. The lowest BCUT2D eigenvalue weighted by molar-refractivity contribution is -0.120. The number of amides is 1. The maximum Gasteiger partial charge on any atom is 0.227 e. The number of anilines is 1. The van der Waals surface area contributed by atoms with Crippen LogP contribution < -0.4 is 10.6 Å². The standard InChI is InChI=1S/C15H17BrN4O/c16-13-3-1-2-4-14(13)20-10-12(9-18-20)19-15(21)11-5-7-17-8-6-11/h1-4,9-11,17H,5-8H2,(H,19,21). The van der Waals surface area contributed by atoms with Crippen molar-refractivity contribution in [2.24, 2.45) is 5.92 Å². The van der Waals surface area contributed by atoms with Gasteiger partial charge in [-0.15, -0.1) is 0 Å². The molecule has 5 nitrogen and oxygen atoms in total. The molecule has 0 spiro atoms. The van der Waals surface area contributed by atoms with E-state index >= 15 is 0 Å². The molecule has 0 aliphatic carbocycles. The summed E-state index contributed by atoms with van der Waals surface area (Å²) in [6.45, 7) is 1.82. The number of para-hydroxylation sites is 1. The zero-order valence-electron chi connectivity index (χ0n) is 11.6. The second kappa shape index (κ2) is 6.41. The molecule has 3 rings (SSSR count). The van der Waals surface area contributed by atoms with Crippen LogP contribution in [-0.2, 0) is 4.79 Å². The van der Waals surface area contributed by atoms with Crippen LogP contribution in [0.4, 0.5) is 5.69 Å². The monoisotopic (exact) mass is 348 g/mol. The first-order valence-corrected chi connectivity index (χ1v) is 7.84. The molecule has 1 aromatic carbocycles. The van der Waals surface area contributed by atoms with Gasteiger partial charge in [0, 0.05) is 10.4 Å². The summed E-state index contributed by atoms with van der Waals surface area (Å²) in [5, 5.41) is 10.5. The molecule has 1 aromatic heterocycles. The number of hydrogen-bond acceptors (Lipinski definition) is 3. The van der Waals surface area contributed by atoms with Crippen molar-refractivity contribution in [3.63, 3.8) is 0 Å². The summed E-state index contributed by atoms with van der Waals surface area (Å²) < 4.78 is 2.71. The lowest BCUT2D eigenvalue weighted by Crippen LogP contribution is -2.34. The van der Waals surface area contributed by atoms with Gasteiger partial charge in [0.1, 0.15) is 0 Å². The summed E-state index contributed by atoms with van der Waals surface area (Å²) in [6, 6.07) is 7.84. The second-order valence-corrected chi connectivity index (χ2v) is 5.99. The molecule has 21 heavy (non-hydrogen) atoms. The Kier molecular flexibility index (Phi) is 4.36. The van der Waals surface area contributed by atoms with E-state index in [2.05, 4.69) is 31.7 Å². The molecule has 2 N–H and O–H groups in total. The zero-order chi connectivity index (χ0) is 14.7. The Morgan fingerprint density at radius 2 is 2.10 bits per heavy atom. The first-order chi connectivity index (χ1) is 10.2. The van der Waals surface area contributed by atoms with E-state index in [0.717, 1.165) is 41.8 Å². The smallest absolute Gasteiger partial charge is 0.227 e. The van der Waals surface area contributed by atoms with Gasteiger partial charge in [0.2, 0.25) is 5.91 Å². The number of piperidine rings is 1. The van der Waals surface area contributed by atoms with E-state index in [-0.39, 0.29) is 11.8 Å². The van der Waals surface area contributed by atoms with Crippen LogP contribution in [0.5, 0.6) is 0 Å². The van der Waals surface area contributed by atoms with Gasteiger partial charge in [-0.2, -0.15) is 5.10 Å². The van der Waals surface area contributed by atoms with Crippen molar-refractivity contribution in [1.29, 1.82) is 0 Å². The van der Waals surface area contributed by atoms with E-state index in [1.807, 2.05) is 30.5 Å². The van der Waals surface area contributed by atoms with E-state index in [9.17, 15) is 4.79 Å². The third kappa shape index (κ3) is 3.33. The van der Waals surface area contributed by atoms with E-state index in [0.29, 0.717) is 0 Å². The number of benzene rings is 1. The minimum Gasteiger partial charge on any atom is -0.323 e. The van der Waals surface area contributed by atoms with Gasteiger partial charge in [0.25, 0.3) is 0 Å². The maximum atomic E-state index is 12.2. The molecule has 0 bridgehead atoms. The molecule has 1 amide bonds. The van der Waals surface area contributed by atoms with Crippen molar-refractivity contribution >= 4 is 27.5 Å². The zero-order valence-corrected chi connectivity index (χ0v) is 13.1. The lowest BCUT2D eigenvalue weighted by Gasteiger charge is -2.21. The SMILES string of the molecule is O=C(Nc1cnn(-c2ccccc2Br)c1)C1CCNCC1. The van der Waals surface area contributed by atoms with Gasteiger partial charge in [-0.05, 0) is 54.0 Å². The Hall–Kier alpha value is -1.66. The normalized spacial score (nSPS) is 15.9. The van der Waals surface area contributed by atoms with Gasteiger partial charge in [-0.1, -0.05) is 12.1 Å². The molecular weight excluding hydrogens is 332 g/mol. The van der Waals surface area contributed by atoms with Crippen LogP contribution >= 0.6 is 15.9 Å². The van der Waals surface area contributed by atoms with Crippen LogP contribution in [0.2, 0.25) is 0 Å². The highest BCUT2D eigenvalue weighted by molar-refractivity contribution is 9.10. The Bertz CT molecular complexity index is 634. The summed E-state index contributed by atoms with van der Waals surface area (Å²) >= 11 is 3.50. The maximum absolute atomic E-state index is 12.2. The lowest BCUT2D eigenvalue weighted by atomic mass is 9.97. The molecule has 0 unspecified atom stereocenters. The van der Waals surface area contributed by atoms with Gasteiger partial charge >= 0.3 is 0 Å². The number of carbonyl (C=O) groups is 1. The summed E-state index contributed by atoms with van der Waals surface area (Å²) in [4.78, 5) is 12.2. The fourth-order valence-corrected chi connectivity index (χ4v) is 2.95. The summed E-state index contributed by atoms with van der Waals surface area (Å²) in [7, 11) is 0. The third-order valence-corrected chi connectivity index (χ3v) is 4.33. The number of rotatable bonds is 3. The van der Waals surface area contributed by atoms with Gasteiger partial charge in [-0.3, -0.25) is 4.79 Å². The molecule has 1 saturated heterocycles. The molecule has 2 heterocycles. The molecule has 1 aliphatic heterocycles. The average Bonchev–Trinajstić information content (AvgIpc) is 2.97. The van der Waals surface area contributed by atoms with Crippen LogP contribution in [-0.4, -0.2) is 28.8 Å². The Morgan fingerprint density at radius 3 is 2.86 bits per heavy atom. The predicted octanol–water partition coefficient (Wildman–Crippen LogP) is 2.57. The van der Waals surface area contributed by atoms with Crippen LogP contribution in [0, 0.1) is 5.92 Å². The predicted molar refractivity (Wildman–Crippen MR) is 85.5 cm³/mol. The number of nitrogens with one attached hydrogen (secondary N) is 2. The highest BCUT2D eigenvalue weighted by atomic mass is 79.9. The molecule has 1 aliphatic rings. The number of halogens is 1. The Balaban J connectivity index is 1.70. The van der Waals surface area contributed by atoms with Crippen LogP contribution in [0.3, 0.4) is 0 Å². The fraction of sp³-hybridized carbons (Fsp3) is 0.333. The molecular formula is C15H17BrN4O. The number of aromatic nitrogens is 2. The van der Waals surface area contributed by atoms with Gasteiger partial charge in [0.05, 0.1) is 23.8 Å². The molecule has 110 valence electrons. The first-order valence-electron chi connectivity index (χ1n) is 7.05. The molecule has 6 heteroatoms. The Morgan fingerprint density at radius 1 is 1.33 bits per heavy atom. The second-order valence-electron chi connectivity index (χ2n) is 5.14. The van der Waals surface area contributed by atoms with E-state index in [1.54, 1.807) is 10.9 Å². The third-order valence-electron chi connectivity index (χ3n) is 3.66. The van der Waals surface area contributed by atoms with E-state index < -0.39 is 0 Å². The first kappa shape index (κ1) is 14.3. The number of nitrogens with zero attached hydrogens (tertiary/aromatic N) is 2.